The van der Waals surface area contributed by atoms with Crippen LogP contribution < -0.4 is 5.32 Å². The Balaban J connectivity index is 2.32. The molecule has 0 bridgehead atoms. The molecule has 0 saturated heterocycles. The molecule has 2 N–H and O–H groups in total. The Labute approximate surface area is 126 Å². The zero-order chi connectivity index (χ0) is 16.1. The molecule has 0 atom stereocenters. The Hall–Kier alpha value is -3.15. The van der Waals surface area contributed by atoms with Crippen LogP contribution in [-0.4, -0.2) is 30.1 Å². The van der Waals surface area contributed by atoms with Gasteiger partial charge in [0.15, 0.2) is 0 Å². The number of methoxy groups -OCH3 is 1. The quantitative estimate of drug-likeness (QED) is 0.846. The van der Waals surface area contributed by atoms with Crippen molar-refractivity contribution >= 4 is 23.5 Å². The Bertz CT molecular complexity index is 725. The van der Waals surface area contributed by atoms with Crippen molar-refractivity contribution in [1.82, 2.24) is 0 Å². The van der Waals surface area contributed by atoms with E-state index in [9.17, 15) is 14.4 Å². The van der Waals surface area contributed by atoms with E-state index in [-0.39, 0.29) is 16.7 Å². The first kappa shape index (κ1) is 15.2. The summed E-state index contributed by atoms with van der Waals surface area (Å²) in [7, 11) is 1.16. The van der Waals surface area contributed by atoms with E-state index in [2.05, 4.69) is 10.1 Å². The van der Waals surface area contributed by atoms with E-state index in [0.717, 1.165) is 13.2 Å². The van der Waals surface area contributed by atoms with Gasteiger partial charge in [-0.3, -0.25) is 4.79 Å². The van der Waals surface area contributed by atoms with E-state index in [1.54, 1.807) is 24.3 Å². The molecule has 6 nitrogen and oxygen atoms in total. The molecule has 112 valence electrons. The Morgan fingerprint density at radius 1 is 1.00 bits per heavy atom. The number of rotatable bonds is 4. The zero-order valence-corrected chi connectivity index (χ0v) is 11.7. The summed E-state index contributed by atoms with van der Waals surface area (Å²) in [5, 5.41) is 11.8. The van der Waals surface area contributed by atoms with Crippen molar-refractivity contribution in [2.45, 2.75) is 0 Å². The molecular weight excluding hydrogens is 286 g/mol. The number of anilines is 1. The fourth-order valence-corrected chi connectivity index (χ4v) is 1.88. The van der Waals surface area contributed by atoms with Gasteiger partial charge in [-0.25, -0.2) is 9.59 Å². The molecule has 2 aromatic rings. The van der Waals surface area contributed by atoms with Crippen LogP contribution in [0.3, 0.4) is 0 Å². The van der Waals surface area contributed by atoms with Crippen molar-refractivity contribution in [1.29, 1.82) is 0 Å². The smallest absolute Gasteiger partial charge is 0.338 e. The molecule has 0 aliphatic heterocycles. The van der Waals surface area contributed by atoms with E-state index in [1.165, 1.54) is 12.1 Å². The molecular formula is C16H13NO5. The van der Waals surface area contributed by atoms with E-state index in [1.807, 2.05) is 6.07 Å². The van der Waals surface area contributed by atoms with E-state index in [0.29, 0.717) is 5.69 Å². The van der Waals surface area contributed by atoms with Gasteiger partial charge in [0.2, 0.25) is 0 Å². The molecule has 0 heterocycles. The van der Waals surface area contributed by atoms with Gasteiger partial charge in [-0.05, 0) is 30.3 Å². The van der Waals surface area contributed by atoms with Gasteiger partial charge in [0, 0.05) is 11.3 Å². The van der Waals surface area contributed by atoms with E-state index < -0.39 is 17.8 Å². The van der Waals surface area contributed by atoms with Gasteiger partial charge in [-0.2, -0.15) is 0 Å². The Kier molecular flexibility index (Phi) is 4.53. The maximum absolute atomic E-state index is 12.1. The number of para-hydroxylation sites is 1. The summed E-state index contributed by atoms with van der Waals surface area (Å²) in [6, 6.07) is 12.5. The first-order chi connectivity index (χ1) is 10.5. The van der Waals surface area contributed by atoms with Crippen LogP contribution in [0.4, 0.5) is 5.69 Å². The molecule has 2 aromatic carbocycles. The fraction of sp³-hybridized carbons (Fsp3) is 0.0625. The van der Waals surface area contributed by atoms with Crippen LogP contribution in [-0.2, 0) is 4.74 Å². The second-order valence-electron chi connectivity index (χ2n) is 4.38. The van der Waals surface area contributed by atoms with Crippen LogP contribution in [0.2, 0.25) is 0 Å². The second kappa shape index (κ2) is 6.53. The average Bonchev–Trinajstić information content (AvgIpc) is 2.54. The van der Waals surface area contributed by atoms with Gasteiger partial charge in [0.25, 0.3) is 5.91 Å². The normalized spacial score (nSPS) is 9.86. The fourth-order valence-electron chi connectivity index (χ4n) is 1.88. The number of carboxylic acid groups (broad SMARTS) is 1. The lowest BCUT2D eigenvalue weighted by atomic mass is 10.0. The summed E-state index contributed by atoms with van der Waals surface area (Å²) in [6.07, 6.45) is 0. The lowest BCUT2D eigenvalue weighted by Crippen LogP contribution is -2.15. The van der Waals surface area contributed by atoms with Crippen LogP contribution in [0.25, 0.3) is 0 Å². The van der Waals surface area contributed by atoms with Crippen molar-refractivity contribution in [3.8, 4) is 0 Å². The monoisotopic (exact) mass is 299 g/mol. The minimum absolute atomic E-state index is 0.105. The molecule has 0 aromatic heterocycles. The topological polar surface area (TPSA) is 92.7 Å². The van der Waals surface area contributed by atoms with Crippen LogP contribution in [0.15, 0.2) is 48.5 Å². The van der Waals surface area contributed by atoms with Crippen molar-refractivity contribution in [2.75, 3.05) is 12.4 Å². The molecule has 22 heavy (non-hydrogen) atoms. The molecule has 0 radical (unpaired) electrons. The van der Waals surface area contributed by atoms with Gasteiger partial charge in [0.05, 0.1) is 18.2 Å². The SMILES string of the molecule is COC(=O)c1ccc(C(=O)Nc2ccccc2)cc1C(=O)O. The number of carboxylic acids is 1. The maximum Gasteiger partial charge on any atom is 0.338 e. The van der Waals surface area contributed by atoms with Gasteiger partial charge in [-0.15, -0.1) is 0 Å². The lowest BCUT2D eigenvalue weighted by molar-refractivity contribution is 0.0582. The number of hydrogen-bond acceptors (Lipinski definition) is 4. The maximum atomic E-state index is 12.1. The molecule has 6 heteroatoms. The molecule has 1 amide bonds. The van der Waals surface area contributed by atoms with E-state index in [4.69, 9.17) is 5.11 Å². The lowest BCUT2D eigenvalue weighted by Gasteiger charge is -2.08. The number of aromatic carboxylic acids is 1. The molecule has 0 fully saturated rings. The van der Waals surface area contributed by atoms with Crippen LogP contribution in [0.1, 0.15) is 31.1 Å². The highest BCUT2D eigenvalue weighted by Gasteiger charge is 2.19. The Morgan fingerprint density at radius 2 is 1.68 bits per heavy atom. The Morgan fingerprint density at radius 3 is 2.27 bits per heavy atom. The number of hydrogen-bond donors (Lipinski definition) is 2. The summed E-state index contributed by atoms with van der Waals surface area (Å²) >= 11 is 0. The number of carbonyl (C=O) groups is 3. The number of carbonyl (C=O) groups excluding carboxylic acids is 2. The third kappa shape index (κ3) is 3.29. The molecule has 0 spiro atoms. The van der Waals surface area contributed by atoms with Gasteiger partial charge >= 0.3 is 11.9 Å². The highest BCUT2D eigenvalue weighted by molar-refractivity contribution is 6.08. The van der Waals surface area contributed by atoms with Crippen molar-refractivity contribution in [3.05, 3.63) is 65.2 Å². The number of amides is 1. The zero-order valence-electron chi connectivity index (χ0n) is 11.7. The number of nitrogens with one attached hydrogen (secondary N) is 1. The molecule has 0 aliphatic rings. The van der Waals surface area contributed by atoms with Crippen LogP contribution in [0.5, 0.6) is 0 Å². The highest BCUT2D eigenvalue weighted by Crippen LogP contribution is 2.15. The highest BCUT2D eigenvalue weighted by atomic mass is 16.5. The van der Waals surface area contributed by atoms with Crippen LogP contribution >= 0.6 is 0 Å². The minimum atomic E-state index is -1.31. The predicted octanol–water partition coefficient (Wildman–Crippen LogP) is 2.42. The largest absolute Gasteiger partial charge is 0.478 e. The first-order valence-electron chi connectivity index (χ1n) is 6.35. The van der Waals surface area contributed by atoms with Crippen molar-refractivity contribution < 1.29 is 24.2 Å². The minimum Gasteiger partial charge on any atom is -0.478 e. The predicted molar refractivity (Wildman–Crippen MR) is 79.1 cm³/mol. The average molecular weight is 299 g/mol. The first-order valence-corrected chi connectivity index (χ1v) is 6.35. The second-order valence-corrected chi connectivity index (χ2v) is 4.38. The molecule has 0 saturated carbocycles. The van der Waals surface area contributed by atoms with Gasteiger partial charge in [0.1, 0.15) is 0 Å². The summed E-state index contributed by atoms with van der Waals surface area (Å²) in [5.74, 6) is -2.55. The third-order valence-corrected chi connectivity index (χ3v) is 2.95. The van der Waals surface area contributed by atoms with Crippen molar-refractivity contribution in [3.63, 3.8) is 0 Å². The summed E-state index contributed by atoms with van der Waals surface area (Å²) < 4.78 is 4.52. The number of ether oxygens (including phenoxy) is 1. The van der Waals surface area contributed by atoms with Crippen molar-refractivity contribution in [2.24, 2.45) is 0 Å². The number of esters is 1. The molecule has 0 aliphatic carbocycles. The third-order valence-electron chi connectivity index (χ3n) is 2.95. The molecule has 2 rings (SSSR count). The van der Waals surface area contributed by atoms with Gasteiger partial charge in [-0.1, -0.05) is 18.2 Å². The van der Waals surface area contributed by atoms with E-state index >= 15 is 0 Å². The summed E-state index contributed by atoms with van der Waals surface area (Å²) in [4.78, 5) is 34.9. The number of benzene rings is 2. The van der Waals surface area contributed by atoms with Gasteiger partial charge < -0.3 is 15.2 Å². The standard InChI is InChI=1S/C16H13NO5/c1-22-16(21)12-8-7-10(9-13(12)15(19)20)14(18)17-11-5-3-2-4-6-11/h2-9H,1H3,(H,17,18)(H,19,20). The summed E-state index contributed by atoms with van der Waals surface area (Å²) in [5.41, 5.74) is 0.328. The molecule has 0 unspecified atom stereocenters. The van der Waals surface area contributed by atoms with Crippen LogP contribution in [0, 0.1) is 0 Å². The summed E-state index contributed by atoms with van der Waals surface area (Å²) in [6.45, 7) is 0.